The predicted octanol–water partition coefficient (Wildman–Crippen LogP) is 3.95. The van der Waals surface area contributed by atoms with Crippen LogP contribution in [0.15, 0.2) is 67.1 Å². The molecule has 0 fully saturated rings. The molecule has 2 aromatic carbocycles. The van der Waals surface area contributed by atoms with Gasteiger partial charge in [-0.2, -0.15) is 0 Å². The molecule has 122 valence electrons. The second-order valence-electron chi connectivity index (χ2n) is 5.55. The fraction of sp³-hybridized carbons (Fsp3) is 0.158. The molecule has 1 N–H and O–H groups in total. The highest BCUT2D eigenvalue weighted by molar-refractivity contribution is 5.69. The highest BCUT2D eigenvalue weighted by Gasteiger charge is 2.03. The Balaban J connectivity index is 1.63. The first-order valence-electron chi connectivity index (χ1n) is 7.75. The minimum atomic E-state index is 0.489. The second-order valence-corrected chi connectivity index (χ2v) is 5.55. The molecule has 0 aliphatic carbocycles. The molecule has 5 nitrogen and oxygen atoms in total. The quantitative estimate of drug-likeness (QED) is 0.745. The minimum Gasteiger partial charge on any atom is -0.438 e. The lowest BCUT2D eigenvalue weighted by atomic mass is 10.2. The van der Waals surface area contributed by atoms with E-state index < -0.39 is 0 Å². The molecule has 0 amide bonds. The van der Waals surface area contributed by atoms with Gasteiger partial charge in [0, 0.05) is 33.0 Å². The molecule has 0 radical (unpaired) electrons. The third-order valence-electron chi connectivity index (χ3n) is 3.55. The van der Waals surface area contributed by atoms with E-state index in [9.17, 15) is 0 Å². The standard InChI is InChI=1S/C19H20N4O/c1-23(2)18-6-4-3-5-17(18)22-13-15-7-9-16(10-8-15)24-19-14-20-11-12-21-19/h3-12,14,22H,13H2,1-2H3. The number of nitrogens with one attached hydrogen (secondary N) is 1. The molecule has 0 spiro atoms. The molecule has 0 saturated heterocycles. The van der Waals surface area contributed by atoms with Gasteiger partial charge in [-0.3, -0.25) is 4.98 Å². The van der Waals surface area contributed by atoms with Crippen molar-refractivity contribution in [3.8, 4) is 11.6 Å². The van der Waals surface area contributed by atoms with Crippen LogP contribution in [0.25, 0.3) is 0 Å². The molecular weight excluding hydrogens is 300 g/mol. The van der Waals surface area contributed by atoms with Gasteiger partial charge in [-0.1, -0.05) is 24.3 Å². The van der Waals surface area contributed by atoms with E-state index in [0.717, 1.165) is 18.0 Å². The molecule has 0 bridgehead atoms. The smallest absolute Gasteiger partial charge is 0.237 e. The van der Waals surface area contributed by atoms with Crippen molar-refractivity contribution >= 4 is 11.4 Å². The average Bonchev–Trinajstić information content (AvgIpc) is 2.62. The Morgan fingerprint density at radius 3 is 2.50 bits per heavy atom. The highest BCUT2D eigenvalue weighted by atomic mass is 16.5. The summed E-state index contributed by atoms with van der Waals surface area (Å²) in [4.78, 5) is 10.2. The van der Waals surface area contributed by atoms with Crippen LogP contribution in [0.3, 0.4) is 0 Å². The van der Waals surface area contributed by atoms with E-state index in [1.165, 1.54) is 11.3 Å². The maximum absolute atomic E-state index is 5.65. The zero-order valence-corrected chi connectivity index (χ0v) is 13.8. The third kappa shape index (κ3) is 4.01. The summed E-state index contributed by atoms with van der Waals surface area (Å²) in [5, 5.41) is 3.48. The Kier molecular flexibility index (Phi) is 4.91. The molecule has 0 aliphatic heterocycles. The van der Waals surface area contributed by atoms with Crippen molar-refractivity contribution in [1.29, 1.82) is 0 Å². The number of aromatic nitrogens is 2. The van der Waals surface area contributed by atoms with Gasteiger partial charge in [0.05, 0.1) is 17.6 Å². The number of hydrogen-bond donors (Lipinski definition) is 1. The molecule has 0 unspecified atom stereocenters. The lowest BCUT2D eigenvalue weighted by Crippen LogP contribution is -2.12. The summed E-state index contributed by atoms with van der Waals surface area (Å²) >= 11 is 0. The van der Waals surface area contributed by atoms with E-state index in [1.54, 1.807) is 18.6 Å². The zero-order chi connectivity index (χ0) is 16.8. The Labute approximate surface area is 142 Å². The van der Waals surface area contributed by atoms with Crippen molar-refractivity contribution < 1.29 is 4.74 Å². The van der Waals surface area contributed by atoms with Gasteiger partial charge < -0.3 is 15.0 Å². The van der Waals surface area contributed by atoms with Crippen molar-refractivity contribution in [3.63, 3.8) is 0 Å². The highest BCUT2D eigenvalue weighted by Crippen LogP contribution is 2.24. The van der Waals surface area contributed by atoms with E-state index in [2.05, 4.69) is 32.3 Å². The Morgan fingerprint density at radius 2 is 1.79 bits per heavy atom. The minimum absolute atomic E-state index is 0.489. The maximum Gasteiger partial charge on any atom is 0.237 e. The molecule has 0 saturated carbocycles. The largest absolute Gasteiger partial charge is 0.438 e. The van der Waals surface area contributed by atoms with Crippen LogP contribution in [-0.2, 0) is 6.54 Å². The van der Waals surface area contributed by atoms with E-state index in [0.29, 0.717) is 5.88 Å². The van der Waals surface area contributed by atoms with Gasteiger partial charge in [0.15, 0.2) is 0 Å². The number of rotatable bonds is 6. The summed E-state index contributed by atoms with van der Waals surface area (Å²) < 4.78 is 5.65. The molecule has 0 atom stereocenters. The van der Waals surface area contributed by atoms with Gasteiger partial charge in [-0.05, 0) is 29.8 Å². The topological polar surface area (TPSA) is 50.3 Å². The number of hydrogen-bond acceptors (Lipinski definition) is 5. The molecule has 3 rings (SSSR count). The fourth-order valence-corrected chi connectivity index (χ4v) is 2.34. The van der Waals surface area contributed by atoms with Gasteiger partial charge in [0.1, 0.15) is 5.75 Å². The van der Waals surface area contributed by atoms with E-state index >= 15 is 0 Å². The van der Waals surface area contributed by atoms with Crippen LogP contribution in [0.2, 0.25) is 0 Å². The summed E-state index contributed by atoms with van der Waals surface area (Å²) in [5.74, 6) is 1.23. The summed E-state index contributed by atoms with van der Waals surface area (Å²) in [7, 11) is 4.08. The van der Waals surface area contributed by atoms with Crippen molar-refractivity contribution in [3.05, 3.63) is 72.7 Å². The summed E-state index contributed by atoms with van der Waals surface area (Å²) in [6, 6.07) is 16.2. The van der Waals surface area contributed by atoms with Crippen LogP contribution in [0.4, 0.5) is 11.4 Å². The van der Waals surface area contributed by atoms with Crippen molar-refractivity contribution in [1.82, 2.24) is 9.97 Å². The molecule has 24 heavy (non-hydrogen) atoms. The number of ether oxygens (including phenoxy) is 1. The molecule has 1 heterocycles. The molecule has 3 aromatic rings. The number of nitrogens with zero attached hydrogens (tertiary/aromatic N) is 3. The van der Waals surface area contributed by atoms with Crippen LogP contribution in [0.1, 0.15) is 5.56 Å². The lowest BCUT2D eigenvalue weighted by Gasteiger charge is -2.18. The van der Waals surface area contributed by atoms with Crippen LogP contribution >= 0.6 is 0 Å². The van der Waals surface area contributed by atoms with Gasteiger partial charge in [-0.15, -0.1) is 0 Å². The van der Waals surface area contributed by atoms with Crippen molar-refractivity contribution in [2.45, 2.75) is 6.54 Å². The number of benzene rings is 2. The van der Waals surface area contributed by atoms with Crippen LogP contribution in [0, 0.1) is 0 Å². The molecule has 0 aliphatic rings. The van der Waals surface area contributed by atoms with Crippen LogP contribution in [-0.4, -0.2) is 24.1 Å². The fourth-order valence-electron chi connectivity index (χ4n) is 2.34. The SMILES string of the molecule is CN(C)c1ccccc1NCc1ccc(Oc2cnccn2)cc1. The normalized spacial score (nSPS) is 10.2. The Hall–Kier alpha value is -3.08. The summed E-state index contributed by atoms with van der Waals surface area (Å²) in [6.07, 6.45) is 4.82. The van der Waals surface area contributed by atoms with Crippen molar-refractivity contribution in [2.24, 2.45) is 0 Å². The predicted molar refractivity (Wildman–Crippen MR) is 96.6 cm³/mol. The third-order valence-corrected chi connectivity index (χ3v) is 3.55. The zero-order valence-electron chi connectivity index (χ0n) is 13.8. The summed E-state index contributed by atoms with van der Waals surface area (Å²) in [5.41, 5.74) is 3.46. The van der Waals surface area contributed by atoms with E-state index in [-0.39, 0.29) is 0 Å². The number of para-hydroxylation sites is 2. The van der Waals surface area contributed by atoms with Gasteiger partial charge in [0.2, 0.25) is 5.88 Å². The van der Waals surface area contributed by atoms with Gasteiger partial charge in [0.25, 0.3) is 0 Å². The molecule has 1 aromatic heterocycles. The monoisotopic (exact) mass is 320 g/mol. The first kappa shape index (κ1) is 15.8. The van der Waals surface area contributed by atoms with Crippen LogP contribution < -0.4 is 15.0 Å². The number of anilines is 2. The first-order chi connectivity index (χ1) is 11.7. The Bertz CT molecular complexity index is 773. The first-order valence-corrected chi connectivity index (χ1v) is 7.75. The van der Waals surface area contributed by atoms with Crippen LogP contribution in [0.5, 0.6) is 11.6 Å². The van der Waals surface area contributed by atoms with Gasteiger partial charge in [-0.25, -0.2) is 4.98 Å². The average molecular weight is 320 g/mol. The van der Waals surface area contributed by atoms with E-state index in [4.69, 9.17) is 4.74 Å². The van der Waals surface area contributed by atoms with Crippen molar-refractivity contribution in [2.75, 3.05) is 24.3 Å². The maximum atomic E-state index is 5.65. The second kappa shape index (κ2) is 7.46. The van der Waals surface area contributed by atoms with E-state index in [1.807, 2.05) is 50.5 Å². The lowest BCUT2D eigenvalue weighted by molar-refractivity contribution is 0.460. The summed E-state index contributed by atoms with van der Waals surface area (Å²) in [6.45, 7) is 0.746. The Morgan fingerprint density at radius 1 is 1.00 bits per heavy atom. The van der Waals surface area contributed by atoms with Gasteiger partial charge >= 0.3 is 0 Å². The molecular formula is C19H20N4O. The molecule has 5 heteroatoms.